The maximum atomic E-state index is 13.9. The van der Waals surface area contributed by atoms with E-state index in [1.165, 1.54) is 35.6 Å². The Bertz CT molecular complexity index is 2260. The number of hydrogen-bond acceptors (Lipinski definition) is 17. The number of hydrogen-bond donors (Lipinski definition) is 5. The molecule has 0 saturated carbocycles. The molecule has 1 aromatic heterocycles. The quantitative estimate of drug-likeness (QED) is 0.0579. The Morgan fingerprint density at radius 3 is 2.42 bits per heavy atom. The van der Waals surface area contributed by atoms with Gasteiger partial charge in [-0.1, -0.05) is 45.0 Å². The highest BCUT2D eigenvalue weighted by molar-refractivity contribution is 7.80. The Hall–Kier alpha value is -4.59. The van der Waals surface area contributed by atoms with E-state index in [1.54, 1.807) is 29.4 Å². The number of benzene rings is 3. The van der Waals surface area contributed by atoms with Gasteiger partial charge in [0.05, 0.1) is 42.1 Å². The molecule has 0 spiro atoms. The number of carbonyl (C=O) groups is 4. The standard InChI is InChI=1S/C38H35NO13S3/c1-16-33(42)21(39)10-27(51-16)52-23-13-38(47,25(40)14-50-26(41)15-49-18-8-6-17(7-9-18)24-11-28(53)55-54-24)12-20-30(23)37(46)32-31(35(20)44)34(43)19-4-3-5-22(48-2)29(19)36(32)45/h3-9,11,16,21,23,27,33,42,44,46-47H,10,12-15,39H2,1-2H3/t16-,21-,23-,27-,33+,38-/m0/s1. The van der Waals surface area contributed by atoms with Gasteiger partial charge in [-0.3, -0.25) is 14.4 Å². The van der Waals surface area contributed by atoms with E-state index < -0.39 is 108 Å². The number of aliphatic hydroxyl groups excluding tert-OH is 1. The first kappa shape index (κ1) is 38.7. The molecule has 0 radical (unpaired) electrons. The second-order valence-electron chi connectivity index (χ2n) is 13.5. The lowest BCUT2D eigenvalue weighted by Crippen LogP contribution is -2.53. The summed E-state index contributed by atoms with van der Waals surface area (Å²) in [4.78, 5) is 55.1. The molecule has 14 nitrogen and oxygen atoms in total. The number of ketones is 3. The largest absolute Gasteiger partial charge is 0.507 e. The topological polar surface area (TPSA) is 221 Å². The van der Waals surface area contributed by atoms with Crippen molar-refractivity contribution in [2.24, 2.45) is 5.73 Å². The predicted octanol–water partition coefficient (Wildman–Crippen LogP) is 4.15. The number of phenolic OH excluding ortho intramolecular Hbond substituents is 2. The smallest absolute Gasteiger partial charge is 0.344 e. The van der Waals surface area contributed by atoms with Crippen LogP contribution in [0.2, 0.25) is 0 Å². The fourth-order valence-corrected chi connectivity index (χ4v) is 9.56. The van der Waals surface area contributed by atoms with E-state index >= 15 is 0 Å². The normalized spacial score (nSPS) is 24.3. The molecule has 0 unspecified atom stereocenters. The summed E-state index contributed by atoms with van der Waals surface area (Å²) in [5.41, 5.74) is 3.02. The molecule has 1 fully saturated rings. The number of rotatable bonds is 10. The predicted molar refractivity (Wildman–Crippen MR) is 200 cm³/mol. The maximum absolute atomic E-state index is 13.9. The minimum Gasteiger partial charge on any atom is -0.507 e. The van der Waals surface area contributed by atoms with Crippen LogP contribution < -0.4 is 15.2 Å². The summed E-state index contributed by atoms with van der Waals surface area (Å²) in [5.74, 6) is -4.52. The van der Waals surface area contributed by atoms with E-state index in [-0.39, 0.29) is 34.4 Å². The molecule has 6 N–H and O–H groups in total. The van der Waals surface area contributed by atoms with Gasteiger partial charge >= 0.3 is 5.97 Å². The van der Waals surface area contributed by atoms with Gasteiger partial charge in [0.2, 0.25) is 11.6 Å². The zero-order chi connectivity index (χ0) is 39.3. The molecule has 0 bridgehead atoms. The average molecular weight is 810 g/mol. The number of esters is 1. The summed E-state index contributed by atoms with van der Waals surface area (Å²) in [7, 11) is 4.34. The summed E-state index contributed by atoms with van der Waals surface area (Å²) in [6.45, 7) is 0.113. The highest BCUT2D eigenvalue weighted by Crippen LogP contribution is 2.52. The fraction of sp³-hybridized carbons (Fsp3) is 0.342. The minimum atomic E-state index is -2.38. The van der Waals surface area contributed by atoms with Crippen LogP contribution in [-0.2, 0) is 30.2 Å². The second kappa shape index (κ2) is 15.2. The molecular formula is C38H35NO13S3. The van der Waals surface area contributed by atoms with E-state index in [0.717, 1.165) is 14.3 Å². The molecule has 4 aromatic rings. The van der Waals surface area contributed by atoms with Gasteiger partial charge in [0, 0.05) is 46.9 Å². The van der Waals surface area contributed by atoms with Crippen molar-refractivity contribution in [1.82, 2.24) is 0 Å². The Morgan fingerprint density at radius 1 is 1.02 bits per heavy atom. The molecule has 3 aromatic carbocycles. The summed E-state index contributed by atoms with van der Waals surface area (Å²) >= 11 is 5.19. The molecule has 1 aliphatic heterocycles. The third-order valence-corrected chi connectivity index (χ3v) is 12.9. The Morgan fingerprint density at radius 2 is 1.75 bits per heavy atom. The zero-order valence-corrected chi connectivity index (χ0v) is 31.8. The lowest BCUT2D eigenvalue weighted by Gasteiger charge is -2.42. The number of ether oxygens (including phenoxy) is 5. The van der Waals surface area contributed by atoms with Crippen molar-refractivity contribution in [3.8, 4) is 33.4 Å². The van der Waals surface area contributed by atoms with Crippen LogP contribution in [0.25, 0.3) is 10.4 Å². The molecule has 288 valence electrons. The molecule has 1 saturated heterocycles. The number of phenols is 2. The number of carbonyl (C=O) groups excluding carboxylic acids is 4. The van der Waals surface area contributed by atoms with E-state index in [0.29, 0.717) is 5.75 Å². The molecular weight excluding hydrogens is 775 g/mol. The van der Waals surface area contributed by atoms with E-state index in [1.807, 2.05) is 18.2 Å². The van der Waals surface area contributed by atoms with Crippen LogP contribution in [0.5, 0.6) is 23.0 Å². The Kier molecular flexibility index (Phi) is 10.7. The number of Topliss-reactive ketones (excluding diaryl/α,β-unsaturated/α-hetero) is 1. The molecule has 17 heteroatoms. The van der Waals surface area contributed by atoms with E-state index in [2.05, 4.69) is 0 Å². The number of nitrogens with two attached hydrogens (primary N) is 1. The van der Waals surface area contributed by atoms with Gasteiger partial charge in [-0.05, 0) is 48.9 Å². The van der Waals surface area contributed by atoms with Gasteiger partial charge in [-0.15, -0.1) is 0 Å². The van der Waals surface area contributed by atoms with Crippen LogP contribution in [0.15, 0.2) is 48.5 Å². The van der Waals surface area contributed by atoms with Gasteiger partial charge in [0.1, 0.15) is 32.4 Å². The van der Waals surface area contributed by atoms with Crippen molar-refractivity contribution in [2.45, 2.75) is 62.4 Å². The van der Waals surface area contributed by atoms with Crippen LogP contribution >= 0.6 is 32.9 Å². The van der Waals surface area contributed by atoms with Gasteiger partial charge in [-0.25, -0.2) is 4.79 Å². The van der Waals surface area contributed by atoms with Crippen LogP contribution in [0.3, 0.4) is 0 Å². The van der Waals surface area contributed by atoms with Crippen molar-refractivity contribution >= 4 is 56.2 Å². The highest BCUT2D eigenvalue weighted by atomic mass is 32.9. The minimum absolute atomic E-state index is 0.0340. The number of aromatic hydroxyl groups is 2. The van der Waals surface area contributed by atoms with Crippen molar-refractivity contribution in [3.05, 3.63) is 85.7 Å². The summed E-state index contributed by atoms with van der Waals surface area (Å²) in [5, 5.41) is 45.7. The summed E-state index contributed by atoms with van der Waals surface area (Å²) in [6.07, 6.45) is -5.63. The zero-order valence-electron chi connectivity index (χ0n) is 29.3. The molecule has 6 atom stereocenters. The number of methoxy groups -OCH3 is 1. The first-order valence-corrected chi connectivity index (χ1v) is 19.6. The first-order chi connectivity index (χ1) is 26.2. The van der Waals surface area contributed by atoms with Crippen LogP contribution in [0.1, 0.15) is 68.8 Å². The van der Waals surface area contributed by atoms with Gasteiger partial charge in [0.15, 0.2) is 25.3 Å². The molecule has 3 aliphatic rings. The SMILES string of the molecule is COc1cccc2c1C(=O)c1c(O)c3c(c(O)c1C2=O)C[C@@](O)(C(=O)COC(=O)COc1ccc(-c2cc(=S)ss2)cc1)C[C@@H]3O[C@H]1C[C@H](N)[C@H](O)[C@H](C)O1. The Balaban J connectivity index is 1.14. The van der Waals surface area contributed by atoms with Crippen molar-refractivity contribution in [1.29, 1.82) is 0 Å². The molecule has 55 heavy (non-hydrogen) atoms. The molecule has 2 aliphatic carbocycles. The van der Waals surface area contributed by atoms with Crippen LogP contribution in [-0.4, -0.2) is 94.2 Å². The first-order valence-electron chi connectivity index (χ1n) is 17.1. The molecule has 2 heterocycles. The average Bonchev–Trinajstić information content (AvgIpc) is 3.61. The Labute approximate surface area is 326 Å². The van der Waals surface area contributed by atoms with Crippen LogP contribution in [0.4, 0.5) is 0 Å². The monoisotopic (exact) mass is 809 g/mol. The lowest BCUT2D eigenvalue weighted by molar-refractivity contribution is -0.247. The van der Waals surface area contributed by atoms with Crippen molar-refractivity contribution < 1.29 is 63.3 Å². The van der Waals surface area contributed by atoms with E-state index in [9.17, 15) is 39.6 Å². The van der Waals surface area contributed by atoms with Crippen molar-refractivity contribution in [2.75, 3.05) is 20.3 Å². The maximum Gasteiger partial charge on any atom is 0.344 e. The third-order valence-electron chi connectivity index (χ3n) is 9.98. The van der Waals surface area contributed by atoms with Gasteiger partial charge in [0.25, 0.3) is 0 Å². The molecule has 7 rings (SSSR count). The highest BCUT2D eigenvalue weighted by Gasteiger charge is 2.50. The van der Waals surface area contributed by atoms with Crippen LogP contribution in [0, 0.1) is 3.82 Å². The van der Waals surface area contributed by atoms with Gasteiger partial charge < -0.3 is 49.8 Å². The summed E-state index contributed by atoms with van der Waals surface area (Å²) < 4.78 is 28.8. The number of aliphatic hydroxyl groups is 2. The van der Waals surface area contributed by atoms with E-state index in [4.69, 9.17) is 41.6 Å². The summed E-state index contributed by atoms with van der Waals surface area (Å²) in [6, 6.07) is 12.4. The van der Waals surface area contributed by atoms with Gasteiger partial charge in [-0.2, -0.15) is 0 Å². The second-order valence-corrected chi connectivity index (χ2v) is 16.4. The fourth-order valence-electron chi connectivity index (χ4n) is 7.16. The lowest BCUT2D eigenvalue weighted by atomic mass is 9.72. The van der Waals surface area contributed by atoms with Crippen molar-refractivity contribution in [3.63, 3.8) is 0 Å². The number of fused-ring (bicyclic) bond motifs is 3. The molecule has 0 amide bonds. The third kappa shape index (κ3) is 7.18.